The van der Waals surface area contributed by atoms with E-state index in [1.54, 1.807) is 59.4 Å². The Hall–Kier alpha value is -4.61. The molecule has 0 fully saturated rings. The van der Waals surface area contributed by atoms with Crippen LogP contribution in [0, 0.1) is 0 Å². The van der Waals surface area contributed by atoms with E-state index in [4.69, 9.17) is 10.2 Å². The lowest BCUT2D eigenvalue weighted by atomic mass is 10.1. The highest BCUT2D eigenvalue weighted by Gasteiger charge is 2.22. The minimum Gasteiger partial charge on any atom is -0.340 e. The van der Waals surface area contributed by atoms with Gasteiger partial charge in [0.2, 0.25) is 9.84 Å². The van der Waals surface area contributed by atoms with Crippen LogP contribution < -0.4 is 5.48 Å². The lowest BCUT2D eigenvalue weighted by Gasteiger charge is -2.15. The van der Waals surface area contributed by atoms with Crippen LogP contribution in [-0.2, 0) is 21.1 Å². The molecule has 1 atom stereocenters. The summed E-state index contributed by atoms with van der Waals surface area (Å²) in [6.07, 6.45) is 4.55. The summed E-state index contributed by atoms with van der Waals surface area (Å²) in [6.45, 7) is 0. The van der Waals surface area contributed by atoms with E-state index in [0.717, 1.165) is 22.7 Å². The number of imidazole rings is 1. The molecule has 0 saturated heterocycles. The summed E-state index contributed by atoms with van der Waals surface area (Å²) >= 11 is 0. The van der Waals surface area contributed by atoms with E-state index in [9.17, 15) is 13.2 Å². The molecule has 0 radical (unpaired) electrons. The maximum atomic E-state index is 13.2. The van der Waals surface area contributed by atoms with Gasteiger partial charge in [0, 0.05) is 12.5 Å². The van der Waals surface area contributed by atoms with Crippen LogP contribution in [0.4, 0.5) is 0 Å². The molecule has 2 heterocycles. The molecule has 37 heavy (non-hydrogen) atoms. The van der Waals surface area contributed by atoms with Crippen LogP contribution in [-0.4, -0.2) is 44.5 Å². The second-order valence-electron chi connectivity index (χ2n) is 8.26. The summed E-state index contributed by atoms with van der Waals surface area (Å²) < 4.78 is 28.0. The number of hydrogen-bond donors (Lipinski definition) is 3. The van der Waals surface area contributed by atoms with Gasteiger partial charge in [0.05, 0.1) is 27.0 Å². The van der Waals surface area contributed by atoms with Crippen LogP contribution in [0.5, 0.6) is 0 Å². The smallest absolute Gasteiger partial charge is 0.267 e. The number of carbonyl (C=O) groups excluding carboxylic acids is 1. The summed E-state index contributed by atoms with van der Waals surface area (Å²) in [5, 5.41) is 17.0. The van der Waals surface area contributed by atoms with Gasteiger partial charge in [-0.05, 0) is 48.0 Å². The molecule has 2 aromatic heterocycles. The van der Waals surface area contributed by atoms with Crippen molar-refractivity contribution in [3.05, 3.63) is 108 Å². The highest BCUT2D eigenvalue weighted by molar-refractivity contribution is 7.91. The largest absolute Gasteiger partial charge is 0.340 e. The third kappa shape index (κ3) is 5.17. The number of para-hydroxylation sites is 2. The molecule has 0 saturated carbocycles. The first-order valence-electron chi connectivity index (χ1n) is 11.3. The lowest BCUT2D eigenvalue weighted by molar-refractivity contribution is -0.124. The zero-order valence-electron chi connectivity index (χ0n) is 19.4. The number of rotatable bonds is 8. The van der Waals surface area contributed by atoms with Gasteiger partial charge in [0.1, 0.15) is 17.6 Å². The topological polar surface area (TPSA) is 143 Å². The van der Waals surface area contributed by atoms with E-state index in [0.29, 0.717) is 17.9 Å². The number of hydrogen-bond acceptors (Lipinski definition) is 7. The Kier molecular flexibility index (Phi) is 6.62. The summed E-state index contributed by atoms with van der Waals surface area (Å²) in [5.74, 6) is -0.0779. The molecule has 3 aromatic carbocycles. The van der Waals surface area contributed by atoms with Crippen LogP contribution in [0.2, 0.25) is 0 Å². The Morgan fingerprint density at radius 1 is 1.03 bits per heavy atom. The second kappa shape index (κ2) is 10.2. The molecule has 0 aliphatic heterocycles. The third-order valence-corrected chi connectivity index (χ3v) is 7.54. The summed E-state index contributed by atoms with van der Waals surface area (Å²) in [4.78, 5) is 19.8. The number of hydroxylamine groups is 1. The highest BCUT2D eigenvalue weighted by Crippen LogP contribution is 2.26. The van der Waals surface area contributed by atoms with E-state index in [1.165, 1.54) is 11.6 Å². The summed E-state index contributed by atoms with van der Waals surface area (Å²) in [7, 11) is -3.69. The normalized spacial score (nSPS) is 12.7. The average Bonchev–Trinajstić information content (AvgIpc) is 3.58. The van der Waals surface area contributed by atoms with E-state index < -0.39 is 21.8 Å². The van der Waals surface area contributed by atoms with Crippen molar-refractivity contribution in [3.63, 3.8) is 0 Å². The standard InChI is InChI=1S/C26H22N6O4S/c33-25(30-34)14-13-19-17-32(31-29-19)24(26-27-22-11-4-5-12-23(22)28-26)16-18-7-6-10-21(15-18)37(35,36)20-8-2-1-3-9-20/h1-15,17,24,34H,16H2,(H,27,28)(H,30,33)/b14-13+. The molecule has 1 unspecified atom stereocenters. The first-order valence-corrected chi connectivity index (χ1v) is 12.8. The fourth-order valence-electron chi connectivity index (χ4n) is 3.96. The number of benzene rings is 3. The number of H-pyrrole nitrogens is 1. The maximum absolute atomic E-state index is 13.2. The minimum absolute atomic E-state index is 0.191. The third-order valence-electron chi connectivity index (χ3n) is 5.78. The first kappa shape index (κ1) is 24.1. The first-order chi connectivity index (χ1) is 17.9. The summed E-state index contributed by atoms with van der Waals surface area (Å²) in [5.41, 5.74) is 4.31. The fraction of sp³-hybridized carbons (Fsp3) is 0.0769. The Balaban J connectivity index is 1.52. The molecule has 0 aliphatic carbocycles. The van der Waals surface area contributed by atoms with Gasteiger partial charge in [-0.25, -0.2) is 23.6 Å². The number of fused-ring (bicyclic) bond motifs is 1. The zero-order chi connectivity index (χ0) is 25.8. The molecule has 10 nitrogen and oxygen atoms in total. The van der Waals surface area contributed by atoms with Crippen molar-refractivity contribution in [1.29, 1.82) is 0 Å². The molecular weight excluding hydrogens is 492 g/mol. The maximum Gasteiger partial charge on any atom is 0.267 e. The SMILES string of the molecule is O=C(/C=C/c1cn(C(Cc2cccc(S(=O)(=O)c3ccccc3)c2)c2nc3ccccc3[nH]2)nn1)NO. The number of nitrogens with zero attached hydrogens (tertiary/aromatic N) is 4. The average molecular weight is 515 g/mol. The van der Waals surface area contributed by atoms with Gasteiger partial charge >= 0.3 is 0 Å². The van der Waals surface area contributed by atoms with Gasteiger partial charge in [0.15, 0.2) is 0 Å². The van der Waals surface area contributed by atoms with Gasteiger partial charge in [-0.1, -0.05) is 47.7 Å². The predicted octanol–water partition coefficient (Wildman–Crippen LogP) is 3.34. The highest BCUT2D eigenvalue weighted by atomic mass is 32.2. The van der Waals surface area contributed by atoms with Crippen molar-refractivity contribution in [2.75, 3.05) is 0 Å². The minimum atomic E-state index is -3.69. The number of amides is 1. The van der Waals surface area contributed by atoms with Crippen molar-refractivity contribution in [1.82, 2.24) is 30.4 Å². The quantitative estimate of drug-likeness (QED) is 0.164. The van der Waals surface area contributed by atoms with Gasteiger partial charge in [0.25, 0.3) is 5.91 Å². The molecule has 0 aliphatic rings. The van der Waals surface area contributed by atoms with Gasteiger partial charge in [-0.3, -0.25) is 10.0 Å². The molecule has 5 aromatic rings. The summed E-state index contributed by atoms with van der Waals surface area (Å²) in [6, 6.07) is 22.2. The Bertz CT molecular complexity index is 1660. The Morgan fingerprint density at radius 2 is 1.78 bits per heavy atom. The van der Waals surface area contributed by atoms with Crippen LogP contribution >= 0.6 is 0 Å². The van der Waals surface area contributed by atoms with Crippen LogP contribution in [0.25, 0.3) is 17.1 Å². The molecule has 5 rings (SSSR count). The molecule has 3 N–H and O–H groups in total. The monoisotopic (exact) mass is 514 g/mol. The Labute approximate surface area is 212 Å². The van der Waals surface area contributed by atoms with E-state index in [1.807, 2.05) is 30.3 Å². The molecule has 186 valence electrons. The number of nitrogens with one attached hydrogen (secondary N) is 2. The van der Waals surface area contributed by atoms with Crippen molar-refractivity contribution in [2.24, 2.45) is 0 Å². The Morgan fingerprint density at radius 3 is 2.57 bits per heavy atom. The van der Waals surface area contributed by atoms with Crippen molar-refractivity contribution < 1.29 is 18.4 Å². The molecule has 1 amide bonds. The van der Waals surface area contributed by atoms with Gasteiger partial charge in [-0.2, -0.15) is 0 Å². The molecule has 0 bridgehead atoms. The van der Waals surface area contributed by atoms with Crippen molar-refractivity contribution in [3.8, 4) is 0 Å². The number of aromatic nitrogens is 5. The fourth-order valence-corrected chi connectivity index (χ4v) is 5.31. The number of aromatic amines is 1. The van der Waals surface area contributed by atoms with Gasteiger partial charge in [-0.15, -0.1) is 5.10 Å². The zero-order valence-corrected chi connectivity index (χ0v) is 20.2. The molecule has 11 heteroatoms. The van der Waals surface area contributed by atoms with E-state index in [-0.39, 0.29) is 9.79 Å². The van der Waals surface area contributed by atoms with Crippen LogP contribution in [0.3, 0.4) is 0 Å². The van der Waals surface area contributed by atoms with Crippen LogP contribution in [0.15, 0.2) is 101 Å². The second-order valence-corrected chi connectivity index (χ2v) is 10.2. The predicted molar refractivity (Wildman–Crippen MR) is 135 cm³/mol. The lowest BCUT2D eigenvalue weighted by Crippen LogP contribution is -2.16. The van der Waals surface area contributed by atoms with Crippen molar-refractivity contribution >= 4 is 32.9 Å². The van der Waals surface area contributed by atoms with Gasteiger partial charge < -0.3 is 4.98 Å². The van der Waals surface area contributed by atoms with E-state index >= 15 is 0 Å². The molecular formula is C26H22N6O4S. The number of sulfone groups is 1. The van der Waals surface area contributed by atoms with E-state index in [2.05, 4.69) is 15.3 Å². The van der Waals surface area contributed by atoms with Crippen molar-refractivity contribution in [2.45, 2.75) is 22.3 Å². The number of carbonyl (C=O) groups is 1. The molecule has 0 spiro atoms. The van der Waals surface area contributed by atoms with Crippen LogP contribution in [0.1, 0.15) is 23.1 Å².